The largest absolute Gasteiger partial charge is 0.309 e. The maximum Gasteiger partial charge on any atom is 0.191 e. The average Bonchev–Trinajstić information content (AvgIpc) is 3.16. The summed E-state index contributed by atoms with van der Waals surface area (Å²) >= 11 is 1.86. The summed E-state index contributed by atoms with van der Waals surface area (Å²) in [6.07, 6.45) is 11.0. The normalized spacial score (nSPS) is 19.6. The zero-order valence-electron chi connectivity index (χ0n) is 18.2. The lowest BCUT2D eigenvalue weighted by Crippen LogP contribution is -2.33. The second-order valence-electron chi connectivity index (χ2n) is 8.54. The van der Waals surface area contributed by atoms with Gasteiger partial charge in [-0.3, -0.25) is 4.90 Å². The average molecular weight is 426 g/mol. The number of rotatable bonds is 8. The molecule has 1 aromatic carbocycles. The minimum absolute atomic E-state index is 0.535. The van der Waals surface area contributed by atoms with E-state index >= 15 is 0 Å². The molecule has 0 bridgehead atoms. The van der Waals surface area contributed by atoms with E-state index in [2.05, 4.69) is 74.1 Å². The van der Waals surface area contributed by atoms with Gasteiger partial charge in [0, 0.05) is 31.8 Å². The monoisotopic (exact) mass is 425 g/mol. The molecular weight excluding hydrogens is 390 g/mol. The predicted octanol–water partition coefficient (Wildman–Crippen LogP) is 4.29. The molecule has 30 heavy (non-hydrogen) atoms. The second kappa shape index (κ2) is 11.1. The lowest BCUT2D eigenvalue weighted by Gasteiger charge is -2.30. The molecular formula is C24H35N5S. The third-order valence-electron chi connectivity index (χ3n) is 6.38. The summed E-state index contributed by atoms with van der Waals surface area (Å²) < 4.78 is 2.25. The van der Waals surface area contributed by atoms with Gasteiger partial charge in [-0.2, -0.15) is 0 Å². The molecule has 0 spiro atoms. The Balaban J connectivity index is 1.21. The summed E-state index contributed by atoms with van der Waals surface area (Å²) in [4.78, 5) is 5.14. The fourth-order valence-corrected chi connectivity index (χ4v) is 5.45. The SMILES string of the molecule is Cn1c(SCCN2CCCCC2)nnc1C1CCN(C/C=C/c2ccccc2)CC1. The van der Waals surface area contributed by atoms with Gasteiger partial charge in [-0.1, -0.05) is 60.7 Å². The molecule has 4 rings (SSSR count). The van der Waals surface area contributed by atoms with Crippen molar-refractivity contribution in [1.29, 1.82) is 0 Å². The number of aromatic nitrogens is 3. The third kappa shape index (κ3) is 5.96. The van der Waals surface area contributed by atoms with Crippen LogP contribution < -0.4 is 0 Å². The van der Waals surface area contributed by atoms with Crippen molar-refractivity contribution in [2.75, 3.05) is 45.0 Å². The summed E-state index contributed by atoms with van der Waals surface area (Å²) in [6.45, 7) is 7.00. The van der Waals surface area contributed by atoms with Gasteiger partial charge in [0.15, 0.2) is 5.16 Å². The molecule has 0 N–H and O–H groups in total. The highest BCUT2D eigenvalue weighted by Crippen LogP contribution is 2.28. The van der Waals surface area contributed by atoms with Crippen LogP contribution in [0.3, 0.4) is 0 Å². The number of benzene rings is 1. The highest BCUT2D eigenvalue weighted by atomic mass is 32.2. The van der Waals surface area contributed by atoms with Gasteiger partial charge in [-0.05, 0) is 57.4 Å². The summed E-state index contributed by atoms with van der Waals surface area (Å²) in [5.74, 6) is 2.82. The van der Waals surface area contributed by atoms with E-state index in [-0.39, 0.29) is 0 Å². The quantitative estimate of drug-likeness (QED) is 0.590. The Labute approximate surface area is 185 Å². The van der Waals surface area contributed by atoms with Crippen LogP contribution >= 0.6 is 11.8 Å². The molecule has 162 valence electrons. The van der Waals surface area contributed by atoms with Crippen molar-refractivity contribution in [1.82, 2.24) is 24.6 Å². The summed E-state index contributed by atoms with van der Waals surface area (Å²) in [5.41, 5.74) is 1.27. The van der Waals surface area contributed by atoms with Gasteiger partial charge in [-0.25, -0.2) is 0 Å². The van der Waals surface area contributed by atoms with Gasteiger partial charge < -0.3 is 9.47 Å². The van der Waals surface area contributed by atoms with E-state index in [1.54, 1.807) is 0 Å². The Bertz CT molecular complexity index is 789. The Morgan fingerprint density at radius 2 is 1.73 bits per heavy atom. The van der Waals surface area contributed by atoms with Gasteiger partial charge in [0.2, 0.25) is 0 Å². The van der Waals surface area contributed by atoms with Gasteiger partial charge >= 0.3 is 0 Å². The van der Waals surface area contributed by atoms with Crippen molar-refractivity contribution < 1.29 is 0 Å². The van der Waals surface area contributed by atoms with Crippen molar-refractivity contribution in [2.24, 2.45) is 7.05 Å². The molecule has 0 unspecified atom stereocenters. The van der Waals surface area contributed by atoms with Crippen molar-refractivity contribution in [2.45, 2.75) is 43.2 Å². The van der Waals surface area contributed by atoms with E-state index in [9.17, 15) is 0 Å². The Hall–Kier alpha value is -1.63. The smallest absolute Gasteiger partial charge is 0.191 e. The summed E-state index contributed by atoms with van der Waals surface area (Å²) in [7, 11) is 2.15. The van der Waals surface area contributed by atoms with E-state index in [0.717, 1.165) is 30.5 Å². The van der Waals surface area contributed by atoms with Crippen LogP contribution in [0.1, 0.15) is 49.4 Å². The fraction of sp³-hybridized carbons (Fsp3) is 0.583. The first-order valence-electron chi connectivity index (χ1n) is 11.5. The molecule has 3 heterocycles. The first-order chi connectivity index (χ1) is 14.8. The lowest BCUT2D eigenvalue weighted by atomic mass is 9.96. The molecule has 0 saturated carbocycles. The minimum atomic E-state index is 0.535. The van der Waals surface area contributed by atoms with E-state index in [1.165, 1.54) is 63.1 Å². The van der Waals surface area contributed by atoms with Gasteiger partial charge in [0.1, 0.15) is 5.82 Å². The summed E-state index contributed by atoms with van der Waals surface area (Å²) in [5, 5.41) is 10.2. The maximum atomic E-state index is 4.58. The zero-order chi connectivity index (χ0) is 20.6. The molecule has 2 aliphatic rings. The summed E-state index contributed by atoms with van der Waals surface area (Å²) in [6, 6.07) is 10.5. The Kier molecular flexibility index (Phi) is 8.01. The number of thioether (sulfide) groups is 1. The molecule has 6 heteroatoms. The van der Waals surface area contributed by atoms with Crippen molar-refractivity contribution in [3.8, 4) is 0 Å². The first kappa shape index (κ1) is 21.6. The highest BCUT2D eigenvalue weighted by Gasteiger charge is 2.25. The molecule has 1 aromatic heterocycles. The van der Waals surface area contributed by atoms with Crippen LogP contribution in [-0.2, 0) is 7.05 Å². The zero-order valence-corrected chi connectivity index (χ0v) is 19.1. The number of likely N-dealkylation sites (tertiary alicyclic amines) is 2. The van der Waals surface area contributed by atoms with Crippen molar-refractivity contribution in [3.05, 3.63) is 47.8 Å². The standard InChI is InChI=1S/C24H35N5S/c1-27-23(25-26-24(27)30-20-19-28-14-6-3-7-15-28)22-12-17-29(18-13-22)16-8-11-21-9-4-2-5-10-21/h2,4-5,8-11,22H,3,6-7,12-20H2,1H3/b11-8+. The second-order valence-corrected chi connectivity index (χ2v) is 9.60. The molecule has 0 atom stereocenters. The fourth-order valence-electron chi connectivity index (χ4n) is 4.53. The highest BCUT2D eigenvalue weighted by molar-refractivity contribution is 7.99. The Morgan fingerprint density at radius 1 is 0.967 bits per heavy atom. The van der Waals surface area contributed by atoms with Crippen LogP contribution in [0.25, 0.3) is 6.08 Å². The lowest BCUT2D eigenvalue weighted by molar-refractivity contribution is 0.227. The van der Waals surface area contributed by atoms with Crippen LogP contribution in [0.5, 0.6) is 0 Å². The van der Waals surface area contributed by atoms with Crippen molar-refractivity contribution in [3.63, 3.8) is 0 Å². The number of hydrogen-bond donors (Lipinski definition) is 0. The predicted molar refractivity (Wildman–Crippen MR) is 126 cm³/mol. The Morgan fingerprint density at radius 3 is 2.50 bits per heavy atom. The molecule has 2 aliphatic heterocycles. The van der Waals surface area contributed by atoms with Gasteiger partial charge in [0.05, 0.1) is 0 Å². The van der Waals surface area contributed by atoms with E-state index < -0.39 is 0 Å². The molecule has 2 fully saturated rings. The van der Waals surface area contributed by atoms with Crippen LogP contribution in [0.15, 0.2) is 41.6 Å². The van der Waals surface area contributed by atoms with Gasteiger partial charge in [-0.15, -0.1) is 10.2 Å². The molecule has 2 aromatic rings. The number of hydrogen-bond acceptors (Lipinski definition) is 5. The molecule has 5 nitrogen and oxygen atoms in total. The molecule has 0 aliphatic carbocycles. The maximum absolute atomic E-state index is 4.58. The first-order valence-corrected chi connectivity index (χ1v) is 12.5. The van der Waals surface area contributed by atoms with Crippen LogP contribution in [-0.4, -0.2) is 69.6 Å². The number of nitrogens with zero attached hydrogens (tertiary/aromatic N) is 5. The number of piperidine rings is 2. The van der Waals surface area contributed by atoms with Crippen LogP contribution in [0.2, 0.25) is 0 Å². The van der Waals surface area contributed by atoms with E-state index in [1.807, 2.05) is 11.8 Å². The van der Waals surface area contributed by atoms with Crippen LogP contribution in [0.4, 0.5) is 0 Å². The molecule has 0 amide bonds. The third-order valence-corrected chi connectivity index (χ3v) is 7.38. The topological polar surface area (TPSA) is 37.2 Å². The van der Waals surface area contributed by atoms with Crippen LogP contribution in [0, 0.1) is 0 Å². The van der Waals surface area contributed by atoms with Gasteiger partial charge in [0.25, 0.3) is 0 Å². The minimum Gasteiger partial charge on any atom is -0.309 e. The molecule has 2 saturated heterocycles. The van der Waals surface area contributed by atoms with Crippen molar-refractivity contribution >= 4 is 17.8 Å². The van der Waals surface area contributed by atoms with E-state index in [4.69, 9.17) is 0 Å². The van der Waals surface area contributed by atoms with E-state index in [0.29, 0.717) is 5.92 Å². The molecule has 0 radical (unpaired) electrons.